The van der Waals surface area contributed by atoms with Crippen molar-refractivity contribution >= 4 is 17.8 Å². The van der Waals surface area contributed by atoms with Gasteiger partial charge in [0.05, 0.1) is 6.42 Å². The SMILES string of the molecule is C[C@H]1CCCN1C(=O)O[C@@H]1CC[C@H](c2cc(NC(=O)Cc3ccccn3)n[nH]2)C1. The third-order valence-electron chi connectivity index (χ3n) is 5.81. The summed E-state index contributed by atoms with van der Waals surface area (Å²) in [6.07, 6.45) is 6.27. The molecule has 1 saturated heterocycles. The van der Waals surface area contributed by atoms with E-state index in [1.807, 2.05) is 29.2 Å². The van der Waals surface area contributed by atoms with Gasteiger partial charge in [-0.05, 0) is 51.2 Å². The van der Waals surface area contributed by atoms with E-state index in [1.54, 1.807) is 6.20 Å². The lowest BCUT2D eigenvalue weighted by Gasteiger charge is -2.23. The van der Waals surface area contributed by atoms with E-state index in [2.05, 4.69) is 27.4 Å². The lowest BCUT2D eigenvalue weighted by molar-refractivity contribution is -0.115. The Morgan fingerprint density at radius 2 is 2.21 bits per heavy atom. The Morgan fingerprint density at radius 3 is 2.97 bits per heavy atom. The molecule has 0 unspecified atom stereocenters. The van der Waals surface area contributed by atoms with Crippen LogP contribution in [0.4, 0.5) is 10.6 Å². The number of H-pyrrole nitrogens is 1. The summed E-state index contributed by atoms with van der Waals surface area (Å²) in [6, 6.07) is 7.63. The molecule has 2 amide bonds. The number of aromatic nitrogens is 3. The van der Waals surface area contributed by atoms with E-state index in [9.17, 15) is 9.59 Å². The van der Waals surface area contributed by atoms with E-state index in [4.69, 9.17) is 4.74 Å². The predicted octanol–water partition coefficient (Wildman–Crippen LogP) is 3.24. The van der Waals surface area contributed by atoms with Crippen LogP contribution in [-0.4, -0.2) is 50.8 Å². The highest BCUT2D eigenvalue weighted by atomic mass is 16.6. The van der Waals surface area contributed by atoms with E-state index < -0.39 is 0 Å². The van der Waals surface area contributed by atoms with Gasteiger partial charge in [-0.1, -0.05) is 6.07 Å². The number of anilines is 1. The molecule has 8 nitrogen and oxygen atoms in total. The summed E-state index contributed by atoms with van der Waals surface area (Å²) in [5.41, 5.74) is 1.68. The van der Waals surface area contributed by atoms with Crippen LogP contribution in [0.5, 0.6) is 0 Å². The molecule has 1 aliphatic carbocycles. The zero-order valence-corrected chi connectivity index (χ0v) is 16.6. The lowest BCUT2D eigenvalue weighted by Crippen LogP contribution is -2.36. The van der Waals surface area contributed by atoms with Gasteiger partial charge in [0.25, 0.3) is 0 Å². The van der Waals surface area contributed by atoms with Crippen molar-refractivity contribution in [2.45, 2.75) is 63.5 Å². The number of hydrogen-bond donors (Lipinski definition) is 2. The van der Waals surface area contributed by atoms with Crippen molar-refractivity contribution in [3.63, 3.8) is 0 Å². The quantitative estimate of drug-likeness (QED) is 0.807. The van der Waals surface area contributed by atoms with E-state index in [-0.39, 0.29) is 36.5 Å². The number of nitrogens with zero attached hydrogens (tertiary/aromatic N) is 3. The molecule has 29 heavy (non-hydrogen) atoms. The molecule has 3 heterocycles. The molecule has 3 atom stereocenters. The van der Waals surface area contributed by atoms with E-state index in [1.165, 1.54) is 0 Å². The molecule has 1 saturated carbocycles. The molecular weight excluding hydrogens is 370 g/mol. The van der Waals surface area contributed by atoms with Crippen LogP contribution in [0, 0.1) is 0 Å². The zero-order chi connectivity index (χ0) is 20.2. The Hall–Kier alpha value is -2.90. The highest BCUT2D eigenvalue weighted by Crippen LogP contribution is 2.36. The van der Waals surface area contributed by atoms with Crippen LogP contribution in [0.3, 0.4) is 0 Å². The highest BCUT2D eigenvalue weighted by Gasteiger charge is 2.33. The number of rotatable bonds is 5. The second kappa shape index (κ2) is 8.63. The number of nitrogens with one attached hydrogen (secondary N) is 2. The molecule has 8 heteroatoms. The number of carbonyl (C=O) groups excluding carboxylic acids is 2. The Balaban J connectivity index is 1.27. The summed E-state index contributed by atoms with van der Waals surface area (Å²) in [7, 11) is 0. The summed E-state index contributed by atoms with van der Waals surface area (Å²) in [6.45, 7) is 2.86. The first-order valence-electron chi connectivity index (χ1n) is 10.3. The molecule has 0 radical (unpaired) electrons. The second-order valence-corrected chi connectivity index (χ2v) is 7.95. The lowest BCUT2D eigenvalue weighted by atomic mass is 10.0. The Labute approximate surface area is 170 Å². The standard InChI is InChI=1S/C21H27N5O3/c1-14-5-4-10-26(14)21(28)29-17-8-7-15(11-17)18-13-19(25-24-18)23-20(27)12-16-6-2-3-9-22-16/h2-3,6,9,13-15,17H,4-5,7-8,10-12H2,1H3,(H2,23,24,25,27)/t14-,15-,17+/m0/s1. The predicted molar refractivity (Wildman–Crippen MR) is 107 cm³/mol. The monoisotopic (exact) mass is 397 g/mol. The van der Waals surface area contributed by atoms with Crippen LogP contribution in [0.1, 0.15) is 56.3 Å². The fourth-order valence-corrected chi connectivity index (χ4v) is 4.21. The topological polar surface area (TPSA) is 100 Å². The van der Waals surface area contributed by atoms with E-state index in [0.717, 1.165) is 44.3 Å². The van der Waals surface area contributed by atoms with Crippen LogP contribution in [-0.2, 0) is 16.0 Å². The van der Waals surface area contributed by atoms with Crippen molar-refractivity contribution in [2.75, 3.05) is 11.9 Å². The number of likely N-dealkylation sites (tertiary alicyclic amines) is 1. The van der Waals surface area contributed by atoms with Crippen molar-refractivity contribution in [1.29, 1.82) is 0 Å². The second-order valence-electron chi connectivity index (χ2n) is 7.95. The van der Waals surface area contributed by atoms with Gasteiger partial charge in [-0.2, -0.15) is 5.10 Å². The fourth-order valence-electron chi connectivity index (χ4n) is 4.21. The molecular formula is C21H27N5O3. The smallest absolute Gasteiger partial charge is 0.410 e. The normalized spacial score (nSPS) is 23.9. The van der Waals surface area contributed by atoms with Crippen molar-refractivity contribution in [3.8, 4) is 0 Å². The first-order valence-corrected chi connectivity index (χ1v) is 10.3. The van der Waals surface area contributed by atoms with Gasteiger partial charge >= 0.3 is 6.09 Å². The Kier molecular flexibility index (Phi) is 5.78. The number of ether oxygens (including phenoxy) is 1. The zero-order valence-electron chi connectivity index (χ0n) is 16.6. The van der Waals surface area contributed by atoms with Crippen molar-refractivity contribution in [2.24, 2.45) is 0 Å². The summed E-state index contributed by atoms with van der Waals surface area (Å²) < 4.78 is 5.73. The van der Waals surface area contributed by atoms with Crippen molar-refractivity contribution in [3.05, 3.63) is 41.9 Å². The molecule has 2 aromatic rings. The van der Waals surface area contributed by atoms with E-state index in [0.29, 0.717) is 11.5 Å². The van der Waals surface area contributed by atoms with Gasteiger partial charge in [-0.3, -0.25) is 14.9 Å². The average Bonchev–Trinajstić information content (AvgIpc) is 3.43. The molecule has 2 aliphatic rings. The molecule has 0 spiro atoms. The van der Waals surface area contributed by atoms with Crippen LogP contribution in [0.15, 0.2) is 30.5 Å². The van der Waals surface area contributed by atoms with Gasteiger partial charge in [0.15, 0.2) is 5.82 Å². The maximum atomic E-state index is 12.4. The number of carbonyl (C=O) groups is 2. The highest BCUT2D eigenvalue weighted by molar-refractivity contribution is 5.91. The molecule has 1 aliphatic heterocycles. The molecule has 0 aromatic carbocycles. The Bertz CT molecular complexity index is 853. The van der Waals surface area contributed by atoms with E-state index >= 15 is 0 Å². The first-order chi connectivity index (χ1) is 14.1. The van der Waals surface area contributed by atoms with Crippen molar-refractivity contribution in [1.82, 2.24) is 20.1 Å². The summed E-state index contributed by atoms with van der Waals surface area (Å²) in [4.78, 5) is 30.5. The molecule has 2 N–H and O–H groups in total. The van der Waals surface area contributed by atoms with Gasteiger partial charge in [-0.15, -0.1) is 0 Å². The summed E-state index contributed by atoms with van der Waals surface area (Å²) in [5, 5.41) is 10.0. The van der Waals surface area contributed by atoms with Crippen molar-refractivity contribution < 1.29 is 14.3 Å². The first kappa shape index (κ1) is 19.4. The van der Waals surface area contributed by atoms with Crippen LogP contribution >= 0.6 is 0 Å². The molecule has 154 valence electrons. The molecule has 2 fully saturated rings. The van der Waals surface area contributed by atoms with Gasteiger partial charge in [0.1, 0.15) is 6.10 Å². The minimum atomic E-state index is -0.187. The number of amides is 2. The summed E-state index contributed by atoms with van der Waals surface area (Å²) >= 11 is 0. The third-order valence-corrected chi connectivity index (χ3v) is 5.81. The average molecular weight is 397 g/mol. The number of hydrogen-bond acceptors (Lipinski definition) is 5. The number of pyridine rings is 1. The van der Waals surface area contributed by atoms with Gasteiger partial charge in [-0.25, -0.2) is 4.79 Å². The Morgan fingerprint density at radius 1 is 1.31 bits per heavy atom. The molecule has 0 bridgehead atoms. The number of aromatic amines is 1. The summed E-state index contributed by atoms with van der Waals surface area (Å²) in [5.74, 6) is 0.602. The fraction of sp³-hybridized carbons (Fsp3) is 0.524. The third kappa shape index (κ3) is 4.75. The minimum Gasteiger partial charge on any atom is -0.446 e. The van der Waals surface area contributed by atoms with Crippen LogP contribution in [0.25, 0.3) is 0 Å². The maximum absolute atomic E-state index is 12.4. The van der Waals surface area contributed by atoms with Crippen LogP contribution < -0.4 is 5.32 Å². The maximum Gasteiger partial charge on any atom is 0.410 e. The van der Waals surface area contributed by atoms with Gasteiger partial charge < -0.3 is 15.0 Å². The van der Waals surface area contributed by atoms with Gasteiger partial charge in [0.2, 0.25) is 5.91 Å². The largest absolute Gasteiger partial charge is 0.446 e. The minimum absolute atomic E-state index is 0.0641. The van der Waals surface area contributed by atoms with Crippen LogP contribution in [0.2, 0.25) is 0 Å². The molecule has 4 rings (SSSR count). The molecule has 2 aromatic heterocycles. The van der Waals surface area contributed by atoms with Gasteiger partial charge in [0, 0.05) is 42.2 Å².